The van der Waals surface area contributed by atoms with E-state index in [1.165, 1.54) is 35.2 Å². The van der Waals surface area contributed by atoms with Crippen LogP contribution in [-0.2, 0) is 14.3 Å². The Bertz CT molecular complexity index is 1110. The molecule has 2 saturated heterocycles. The van der Waals surface area contributed by atoms with Gasteiger partial charge in [-0.05, 0) is 55.3 Å². The largest absolute Gasteiger partial charge is 0.507 e. The maximum atomic E-state index is 13.4. The Morgan fingerprint density at radius 2 is 1.83 bits per heavy atom. The van der Waals surface area contributed by atoms with Crippen LogP contribution in [0.2, 0.25) is 0 Å². The highest BCUT2D eigenvalue weighted by atomic mass is 19.1. The maximum absolute atomic E-state index is 13.4. The van der Waals surface area contributed by atoms with Gasteiger partial charge < -0.3 is 24.6 Å². The highest BCUT2D eigenvalue weighted by Gasteiger charge is 2.46. The second-order valence-electron chi connectivity index (χ2n) is 8.47. The number of phenols is 1. The van der Waals surface area contributed by atoms with E-state index in [-0.39, 0.29) is 34.9 Å². The number of aliphatic hydroxyl groups is 1. The number of aliphatic hydroxyl groups excluding tert-OH is 1. The molecule has 0 bridgehead atoms. The predicted octanol–water partition coefficient (Wildman–Crippen LogP) is 3.07. The molecule has 0 radical (unpaired) electrons. The van der Waals surface area contributed by atoms with Crippen molar-refractivity contribution >= 4 is 17.4 Å². The van der Waals surface area contributed by atoms with E-state index in [2.05, 4.69) is 4.90 Å². The number of benzene rings is 2. The zero-order chi connectivity index (χ0) is 24.9. The fourth-order valence-corrected chi connectivity index (χ4v) is 4.48. The number of carbonyl (C=O) groups is 2. The summed E-state index contributed by atoms with van der Waals surface area (Å²) in [4.78, 5) is 29.9. The fraction of sp³-hybridized carbons (Fsp3) is 0.385. The van der Waals surface area contributed by atoms with Gasteiger partial charge in [-0.2, -0.15) is 0 Å². The van der Waals surface area contributed by atoms with Crippen molar-refractivity contribution in [1.82, 2.24) is 9.80 Å². The fourth-order valence-electron chi connectivity index (χ4n) is 4.48. The lowest BCUT2D eigenvalue weighted by Gasteiger charge is -2.29. The molecule has 4 rings (SSSR count). The van der Waals surface area contributed by atoms with Crippen molar-refractivity contribution in [3.63, 3.8) is 0 Å². The molecule has 2 N–H and O–H groups in total. The standard InChI is InChI=1S/C26H29FN2O6/c1-2-35-21-16-18(6-9-20(21)30)23-22(24(31)17-4-7-19(27)8-5-17)25(32)26(33)29(23)11-3-10-28-12-14-34-15-13-28/h4-9,16,23,30-31H,2-3,10-15H2,1H3/t23-/m1/s1. The number of ketones is 1. The van der Waals surface area contributed by atoms with Crippen molar-refractivity contribution < 1.29 is 33.7 Å². The van der Waals surface area contributed by atoms with Gasteiger partial charge in [0.15, 0.2) is 11.5 Å². The quantitative estimate of drug-likeness (QED) is 0.338. The number of morpholine rings is 1. The number of phenolic OH excluding ortho intramolecular Hbond substituents is 1. The molecule has 186 valence electrons. The smallest absolute Gasteiger partial charge is 0.295 e. The van der Waals surface area contributed by atoms with Gasteiger partial charge in [0.05, 0.1) is 31.4 Å². The highest BCUT2D eigenvalue weighted by Crippen LogP contribution is 2.41. The summed E-state index contributed by atoms with van der Waals surface area (Å²) >= 11 is 0. The maximum Gasteiger partial charge on any atom is 0.295 e. The molecular formula is C26H29FN2O6. The van der Waals surface area contributed by atoms with Crippen molar-refractivity contribution in [3.8, 4) is 11.5 Å². The molecule has 1 amide bonds. The zero-order valence-corrected chi connectivity index (χ0v) is 19.6. The summed E-state index contributed by atoms with van der Waals surface area (Å²) in [5.41, 5.74) is 0.660. The van der Waals surface area contributed by atoms with Gasteiger partial charge in [-0.3, -0.25) is 14.5 Å². The van der Waals surface area contributed by atoms with Crippen LogP contribution in [-0.4, -0.2) is 77.7 Å². The predicted molar refractivity (Wildman–Crippen MR) is 127 cm³/mol. The van der Waals surface area contributed by atoms with Gasteiger partial charge in [0.1, 0.15) is 11.6 Å². The Hall–Kier alpha value is -3.43. The molecule has 2 fully saturated rings. The van der Waals surface area contributed by atoms with Crippen LogP contribution in [0, 0.1) is 5.82 Å². The first-order valence-corrected chi connectivity index (χ1v) is 11.7. The molecule has 2 aliphatic heterocycles. The SMILES string of the molecule is CCOc1cc([C@@H]2C(=C(O)c3ccc(F)cc3)C(=O)C(=O)N2CCCN2CCOCC2)ccc1O. The first-order valence-electron chi connectivity index (χ1n) is 11.7. The van der Waals surface area contributed by atoms with E-state index in [1.54, 1.807) is 19.1 Å². The van der Waals surface area contributed by atoms with E-state index >= 15 is 0 Å². The molecule has 0 saturated carbocycles. The second-order valence-corrected chi connectivity index (χ2v) is 8.47. The van der Waals surface area contributed by atoms with Gasteiger partial charge in [0.2, 0.25) is 0 Å². The normalized spacial score (nSPS) is 20.4. The Morgan fingerprint density at radius 1 is 1.11 bits per heavy atom. The summed E-state index contributed by atoms with van der Waals surface area (Å²) in [5, 5.41) is 21.2. The molecule has 2 aromatic carbocycles. The van der Waals surface area contributed by atoms with Crippen molar-refractivity contribution in [2.24, 2.45) is 0 Å². The molecular weight excluding hydrogens is 455 g/mol. The third-order valence-electron chi connectivity index (χ3n) is 6.23. The number of nitrogens with zero attached hydrogens (tertiary/aromatic N) is 2. The Morgan fingerprint density at radius 3 is 2.51 bits per heavy atom. The van der Waals surface area contributed by atoms with E-state index < -0.39 is 23.5 Å². The number of ether oxygens (including phenoxy) is 2. The summed E-state index contributed by atoms with van der Waals surface area (Å²) in [7, 11) is 0. The number of likely N-dealkylation sites (tertiary alicyclic amines) is 1. The minimum absolute atomic E-state index is 0.0709. The molecule has 0 aliphatic carbocycles. The molecule has 9 heteroatoms. The molecule has 0 aromatic heterocycles. The third-order valence-corrected chi connectivity index (χ3v) is 6.23. The second kappa shape index (κ2) is 10.9. The number of carbonyl (C=O) groups excluding carboxylic acids is 2. The van der Waals surface area contributed by atoms with Gasteiger partial charge >= 0.3 is 0 Å². The number of hydrogen-bond acceptors (Lipinski definition) is 7. The molecule has 1 atom stereocenters. The van der Waals surface area contributed by atoms with Crippen LogP contribution in [0.1, 0.15) is 30.5 Å². The Labute approximate surface area is 203 Å². The molecule has 2 aliphatic rings. The monoisotopic (exact) mass is 484 g/mol. The van der Waals surface area contributed by atoms with Crippen molar-refractivity contribution in [1.29, 1.82) is 0 Å². The van der Waals surface area contributed by atoms with Gasteiger partial charge in [-0.1, -0.05) is 6.07 Å². The van der Waals surface area contributed by atoms with Crippen LogP contribution in [0.5, 0.6) is 11.5 Å². The van der Waals surface area contributed by atoms with E-state index in [4.69, 9.17) is 9.47 Å². The van der Waals surface area contributed by atoms with E-state index in [0.717, 1.165) is 19.6 Å². The first-order chi connectivity index (χ1) is 16.9. The number of rotatable bonds is 8. The topological polar surface area (TPSA) is 99.5 Å². The molecule has 8 nitrogen and oxygen atoms in total. The van der Waals surface area contributed by atoms with Crippen molar-refractivity contribution in [2.45, 2.75) is 19.4 Å². The van der Waals surface area contributed by atoms with Crippen LogP contribution in [0.15, 0.2) is 48.0 Å². The highest BCUT2D eigenvalue weighted by molar-refractivity contribution is 6.46. The molecule has 0 unspecified atom stereocenters. The molecule has 0 spiro atoms. The number of hydrogen-bond donors (Lipinski definition) is 2. The zero-order valence-electron chi connectivity index (χ0n) is 19.6. The van der Waals surface area contributed by atoms with Gasteiger partial charge in [0, 0.05) is 31.7 Å². The molecule has 35 heavy (non-hydrogen) atoms. The van der Waals surface area contributed by atoms with Crippen LogP contribution in [0.25, 0.3) is 5.76 Å². The number of halogens is 1. The Balaban J connectivity index is 1.71. The minimum atomic E-state index is -0.885. The number of amides is 1. The van der Waals surface area contributed by atoms with E-state index in [9.17, 15) is 24.2 Å². The summed E-state index contributed by atoms with van der Waals surface area (Å²) in [6.45, 7) is 6.05. The number of aromatic hydroxyl groups is 1. The summed E-state index contributed by atoms with van der Waals surface area (Å²) in [6, 6.07) is 8.79. The number of Topliss-reactive ketones (excluding diaryl/α,β-unsaturated/α-hetero) is 1. The van der Waals surface area contributed by atoms with Crippen LogP contribution < -0.4 is 4.74 Å². The van der Waals surface area contributed by atoms with Gasteiger partial charge in [-0.25, -0.2) is 4.39 Å². The van der Waals surface area contributed by atoms with Crippen LogP contribution >= 0.6 is 0 Å². The van der Waals surface area contributed by atoms with Crippen molar-refractivity contribution in [3.05, 3.63) is 65.0 Å². The summed E-state index contributed by atoms with van der Waals surface area (Å²) < 4.78 is 24.3. The lowest BCUT2D eigenvalue weighted by molar-refractivity contribution is -0.140. The minimum Gasteiger partial charge on any atom is -0.507 e. The summed E-state index contributed by atoms with van der Waals surface area (Å²) in [6.07, 6.45) is 0.622. The van der Waals surface area contributed by atoms with Crippen molar-refractivity contribution in [2.75, 3.05) is 46.0 Å². The first kappa shape index (κ1) is 24.7. The lowest BCUT2D eigenvalue weighted by Crippen LogP contribution is -2.38. The Kier molecular flexibility index (Phi) is 7.67. The lowest BCUT2D eigenvalue weighted by atomic mass is 9.95. The van der Waals surface area contributed by atoms with E-state index in [1.807, 2.05) is 0 Å². The average molecular weight is 485 g/mol. The summed E-state index contributed by atoms with van der Waals surface area (Å²) in [5.74, 6) is -2.25. The third kappa shape index (κ3) is 5.31. The van der Waals surface area contributed by atoms with Gasteiger partial charge in [0.25, 0.3) is 11.7 Å². The molecule has 2 heterocycles. The van der Waals surface area contributed by atoms with E-state index in [0.29, 0.717) is 31.8 Å². The molecule has 2 aromatic rings. The van der Waals surface area contributed by atoms with Gasteiger partial charge in [-0.15, -0.1) is 0 Å². The van der Waals surface area contributed by atoms with Crippen LogP contribution in [0.4, 0.5) is 4.39 Å². The van der Waals surface area contributed by atoms with Crippen LogP contribution in [0.3, 0.4) is 0 Å². The average Bonchev–Trinajstić information content (AvgIpc) is 3.11.